The lowest BCUT2D eigenvalue weighted by Crippen LogP contribution is -2.36. The lowest BCUT2D eigenvalue weighted by atomic mass is 10.1. The molecule has 1 aliphatic rings. The Morgan fingerprint density at radius 3 is 2.42 bits per heavy atom. The number of hydrogen-bond acceptors (Lipinski definition) is 4. The van der Waals surface area contributed by atoms with Crippen molar-refractivity contribution in [1.82, 2.24) is 10.6 Å². The van der Waals surface area contributed by atoms with Gasteiger partial charge in [-0.15, -0.1) is 12.4 Å². The van der Waals surface area contributed by atoms with E-state index in [1.807, 2.05) is 13.8 Å². The van der Waals surface area contributed by atoms with Gasteiger partial charge in [-0.2, -0.15) is 0 Å². The van der Waals surface area contributed by atoms with Gasteiger partial charge in [0.25, 0.3) is 5.91 Å². The Morgan fingerprint density at radius 2 is 1.81 bits per heavy atom. The summed E-state index contributed by atoms with van der Waals surface area (Å²) in [5.74, 6) is 1.15. The van der Waals surface area contributed by atoms with Crippen molar-refractivity contribution in [3.05, 3.63) is 23.8 Å². The standard InChI is InChI=1S/C20H32N2O3.ClH/c1-15(2)25-18-11-10-16(14-19(18)24-3)20(23)22-13-12-21-17-8-6-4-5-7-9-17;/h10-11,14-15,17,21H,4-9,12-13H2,1-3H3,(H,22,23);1H. The Bertz CT molecular complexity index is 544. The molecule has 5 nitrogen and oxygen atoms in total. The van der Waals surface area contributed by atoms with Gasteiger partial charge in [-0.3, -0.25) is 4.79 Å². The van der Waals surface area contributed by atoms with Crippen molar-refractivity contribution in [3.8, 4) is 11.5 Å². The van der Waals surface area contributed by atoms with Gasteiger partial charge in [-0.05, 0) is 44.9 Å². The fraction of sp³-hybridized carbons (Fsp3) is 0.650. The molecule has 0 aliphatic heterocycles. The molecule has 1 amide bonds. The normalized spacial score (nSPS) is 15.1. The van der Waals surface area contributed by atoms with Gasteiger partial charge in [-0.1, -0.05) is 25.7 Å². The fourth-order valence-corrected chi connectivity index (χ4v) is 3.20. The van der Waals surface area contributed by atoms with E-state index in [0.29, 0.717) is 29.6 Å². The third kappa shape index (κ3) is 7.42. The zero-order chi connectivity index (χ0) is 18.1. The first-order chi connectivity index (χ1) is 12.1. The van der Waals surface area contributed by atoms with E-state index in [4.69, 9.17) is 9.47 Å². The molecule has 0 spiro atoms. The molecule has 1 saturated carbocycles. The van der Waals surface area contributed by atoms with Crippen molar-refractivity contribution < 1.29 is 14.3 Å². The molecule has 0 aromatic heterocycles. The van der Waals surface area contributed by atoms with E-state index in [1.54, 1.807) is 25.3 Å². The van der Waals surface area contributed by atoms with Crippen molar-refractivity contribution in [2.24, 2.45) is 0 Å². The first-order valence-electron chi connectivity index (χ1n) is 9.46. The van der Waals surface area contributed by atoms with Gasteiger partial charge in [0.05, 0.1) is 13.2 Å². The van der Waals surface area contributed by atoms with Gasteiger partial charge in [0.15, 0.2) is 11.5 Å². The zero-order valence-electron chi connectivity index (χ0n) is 16.2. The van der Waals surface area contributed by atoms with E-state index in [9.17, 15) is 4.79 Å². The van der Waals surface area contributed by atoms with Crippen molar-refractivity contribution in [1.29, 1.82) is 0 Å². The van der Waals surface area contributed by atoms with Crippen molar-refractivity contribution in [3.63, 3.8) is 0 Å². The predicted molar refractivity (Wildman–Crippen MR) is 108 cm³/mol. The fourth-order valence-electron chi connectivity index (χ4n) is 3.20. The molecule has 148 valence electrons. The largest absolute Gasteiger partial charge is 0.493 e. The minimum Gasteiger partial charge on any atom is -0.493 e. The minimum absolute atomic E-state index is 0. The number of rotatable bonds is 8. The van der Waals surface area contributed by atoms with Crippen LogP contribution in [0, 0.1) is 0 Å². The third-order valence-corrected chi connectivity index (χ3v) is 4.49. The predicted octanol–water partition coefficient (Wildman–Crippen LogP) is 3.95. The van der Waals surface area contributed by atoms with Crippen LogP contribution < -0.4 is 20.1 Å². The second kappa shape index (κ2) is 12.0. The van der Waals surface area contributed by atoms with E-state index >= 15 is 0 Å². The topological polar surface area (TPSA) is 59.6 Å². The number of benzene rings is 1. The average molecular weight is 385 g/mol. The van der Waals surface area contributed by atoms with Gasteiger partial charge >= 0.3 is 0 Å². The molecule has 1 aliphatic carbocycles. The molecular formula is C20H33ClN2O3. The summed E-state index contributed by atoms with van der Waals surface area (Å²) in [7, 11) is 1.58. The van der Waals surface area contributed by atoms with Gasteiger partial charge in [0, 0.05) is 24.7 Å². The van der Waals surface area contributed by atoms with Crippen molar-refractivity contribution in [2.45, 2.75) is 64.5 Å². The highest BCUT2D eigenvalue weighted by Crippen LogP contribution is 2.28. The van der Waals surface area contributed by atoms with Crippen LogP contribution in [0.4, 0.5) is 0 Å². The number of carbonyl (C=O) groups is 1. The van der Waals surface area contributed by atoms with Crippen LogP contribution in [0.3, 0.4) is 0 Å². The number of halogens is 1. The first kappa shape index (κ1) is 22.6. The van der Waals surface area contributed by atoms with Crippen molar-refractivity contribution >= 4 is 18.3 Å². The molecule has 0 unspecified atom stereocenters. The molecule has 26 heavy (non-hydrogen) atoms. The highest BCUT2D eigenvalue weighted by Gasteiger charge is 2.13. The monoisotopic (exact) mass is 384 g/mol. The van der Waals surface area contributed by atoms with E-state index in [0.717, 1.165) is 6.54 Å². The maximum absolute atomic E-state index is 12.3. The zero-order valence-corrected chi connectivity index (χ0v) is 17.0. The lowest BCUT2D eigenvalue weighted by Gasteiger charge is -2.17. The van der Waals surface area contributed by atoms with E-state index < -0.39 is 0 Å². The summed E-state index contributed by atoms with van der Waals surface area (Å²) in [6.07, 6.45) is 7.90. The first-order valence-corrected chi connectivity index (χ1v) is 9.46. The number of methoxy groups -OCH3 is 1. The highest BCUT2D eigenvalue weighted by atomic mass is 35.5. The van der Waals surface area contributed by atoms with Crippen LogP contribution in [0.25, 0.3) is 0 Å². The molecule has 1 aromatic rings. The summed E-state index contributed by atoms with van der Waals surface area (Å²) in [4.78, 5) is 12.3. The van der Waals surface area contributed by atoms with E-state index in [2.05, 4.69) is 10.6 Å². The quantitative estimate of drug-likeness (QED) is 0.526. The van der Waals surface area contributed by atoms with Gasteiger partial charge in [0.1, 0.15) is 0 Å². The third-order valence-electron chi connectivity index (χ3n) is 4.49. The number of hydrogen-bond donors (Lipinski definition) is 2. The summed E-state index contributed by atoms with van der Waals surface area (Å²) < 4.78 is 11.0. The Hall–Kier alpha value is -1.46. The molecular weight excluding hydrogens is 352 g/mol. The molecule has 0 atom stereocenters. The highest BCUT2D eigenvalue weighted by molar-refractivity contribution is 5.94. The van der Waals surface area contributed by atoms with Crippen LogP contribution in [0.2, 0.25) is 0 Å². The second-order valence-corrected chi connectivity index (χ2v) is 6.93. The number of carbonyl (C=O) groups excluding carboxylic acids is 1. The summed E-state index contributed by atoms with van der Waals surface area (Å²) in [5, 5.41) is 6.53. The Labute approximate surface area is 163 Å². The molecule has 2 N–H and O–H groups in total. The molecule has 0 radical (unpaired) electrons. The van der Waals surface area contributed by atoms with Crippen molar-refractivity contribution in [2.75, 3.05) is 20.2 Å². The van der Waals surface area contributed by atoms with Crippen LogP contribution >= 0.6 is 12.4 Å². The van der Waals surface area contributed by atoms with E-state index in [1.165, 1.54) is 38.5 Å². The lowest BCUT2D eigenvalue weighted by molar-refractivity contribution is 0.0953. The summed E-state index contributed by atoms with van der Waals surface area (Å²) in [6, 6.07) is 5.89. The van der Waals surface area contributed by atoms with Crippen LogP contribution in [-0.4, -0.2) is 38.3 Å². The maximum Gasteiger partial charge on any atom is 0.251 e. The Kier molecular flexibility index (Phi) is 10.4. The number of ether oxygens (including phenoxy) is 2. The Balaban J connectivity index is 0.00000338. The summed E-state index contributed by atoms with van der Waals surface area (Å²) >= 11 is 0. The molecule has 1 fully saturated rings. The smallest absolute Gasteiger partial charge is 0.251 e. The molecule has 2 rings (SSSR count). The number of amides is 1. The van der Waals surface area contributed by atoms with Crippen LogP contribution in [0.5, 0.6) is 11.5 Å². The second-order valence-electron chi connectivity index (χ2n) is 6.93. The SMILES string of the molecule is COc1cc(C(=O)NCCNC2CCCCCC2)ccc1OC(C)C.Cl. The average Bonchev–Trinajstić information content (AvgIpc) is 2.87. The van der Waals surface area contributed by atoms with Crippen LogP contribution in [0.1, 0.15) is 62.7 Å². The van der Waals surface area contributed by atoms with Gasteiger partial charge < -0.3 is 20.1 Å². The minimum atomic E-state index is -0.0861. The maximum atomic E-state index is 12.3. The molecule has 0 bridgehead atoms. The van der Waals surface area contributed by atoms with Crippen LogP contribution in [0.15, 0.2) is 18.2 Å². The molecule has 1 aromatic carbocycles. The molecule has 0 saturated heterocycles. The van der Waals surface area contributed by atoms with E-state index in [-0.39, 0.29) is 24.4 Å². The summed E-state index contributed by atoms with van der Waals surface area (Å²) in [6.45, 7) is 5.35. The molecule has 0 heterocycles. The summed E-state index contributed by atoms with van der Waals surface area (Å²) in [5.41, 5.74) is 0.586. The molecule has 6 heteroatoms. The Morgan fingerprint density at radius 1 is 1.12 bits per heavy atom. The van der Waals surface area contributed by atoms with Crippen LogP contribution in [-0.2, 0) is 0 Å². The van der Waals surface area contributed by atoms with Gasteiger partial charge in [-0.25, -0.2) is 0 Å². The van der Waals surface area contributed by atoms with Gasteiger partial charge in [0.2, 0.25) is 0 Å². The number of nitrogens with one attached hydrogen (secondary N) is 2.